The molecule has 16 heavy (non-hydrogen) atoms. The second-order valence-corrected chi connectivity index (χ2v) is 4.49. The minimum Gasteiger partial charge on any atom is -0.287 e. The maximum Gasteiger partial charge on any atom is 0.212 e. The lowest BCUT2D eigenvalue weighted by molar-refractivity contribution is 0.103. The Bertz CT molecular complexity index is 525. The third-order valence-electron chi connectivity index (χ3n) is 2.08. The van der Waals surface area contributed by atoms with Crippen LogP contribution in [0.25, 0.3) is 0 Å². The van der Waals surface area contributed by atoms with Gasteiger partial charge in [-0.3, -0.25) is 9.78 Å². The number of aromatic nitrogens is 1. The molecular weight excluding hydrogens is 289 g/mol. The van der Waals surface area contributed by atoms with Crippen molar-refractivity contribution in [3.63, 3.8) is 0 Å². The summed E-state index contributed by atoms with van der Waals surface area (Å²) in [6.07, 6.45) is 1.59. The van der Waals surface area contributed by atoms with Gasteiger partial charge in [0, 0.05) is 16.2 Å². The highest BCUT2D eigenvalue weighted by Gasteiger charge is 2.12. The van der Waals surface area contributed by atoms with Crippen molar-refractivity contribution in [1.82, 2.24) is 4.98 Å². The predicted molar refractivity (Wildman–Crippen MR) is 66.8 cm³/mol. The molecule has 0 radical (unpaired) electrons. The van der Waals surface area contributed by atoms with E-state index >= 15 is 0 Å². The SMILES string of the molecule is O=C(c1ccc(Br)cn1)c1ccccc1Cl. The molecule has 0 unspecified atom stereocenters. The van der Waals surface area contributed by atoms with Gasteiger partial charge in [-0.25, -0.2) is 0 Å². The Kier molecular flexibility index (Phi) is 3.36. The maximum absolute atomic E-state index is 12.0. The molecule has 0 N–H and O–H groups in total. The van der Waals surface area contributed by atoms with Gasteiger partial charge >= 0.3 is 0 Å². The van der Waals surface area contributed by atoms with Crippen LogP contribution in [-0.4, -0.2) is 10.8 Å². The van der Waals surface area contributed by atoms with Gasteiger partial charge in [0.2, 0.25) is 5.78 Å². The van der Waals surface area contributed by atoms with E-state index in [4.69, 9.17) is 11.6 Å². The normalized spacial score (nSPS) is 10.1. The molecule has 0 spiro atoms. The van der Waals surface area contributed by atoms with Crippen molar-refractivity contribution in [2.45, 2.75) is 0 Å². The van der Waals surface area contributed by atoms with Gasteiger partial charge in [-0.05, 0) is 40.2 Å². The Morgan fingerprint density at radius 3 is 2.56 bits per heavy atom. The van der Waals surface area contributed by atoms with Crippen LogP contribution in [-0.2, 0) is 0 Å². The maximum atomic E-state index is 12.0. The molecule has 4 heteroatoms. The summed E-state index contributed by atoms with van der Waals surface area (Å²) in [5, 5.41) is 0.442. The summed E-state index contributed by atoms with van der Waals surface area (Å²) in [7, 11) is 0. The monoisotopic (exact) mass is 295 g/mol. The zero-order valence-electron chi connectivity index (χ0n) is 8.15. The molecule has 0 atom stereocenters. The van der Waals surface area contributed by atoms with Gasteiger partial charge in [0.25, 0.3) is 0 Å². The van der Waals surface area contributed by atoms with Crippen molar-refractivity contribution in [3.05, 3.63) is 63.3 Å². The van der Waals surface area contributed by atoms with E-state index < -0.39 is 0 Å². The van der Waals surface area contributed by atoms with Gasteiger partial charge in [0.1, 0.15) is 5.69 Å². The Balaban J connectivity index is 2.40. The summed E-state index contributed by atoms with van der Waals surface area (Å²) < 4.78 is 0.836. The first-order valence-corrected chi connectivity index (χ1v) is 5.76. The number of nitrogens with zero attached hydrogens (tertiary/aromatic N) is 1. The van der Waals surface area contributed by atoms with E-state index in [9.17, 15) is 4.79 Å². The fourth-order valence-corrected chi connectivity index (χ4v) is 1.75. The van der Waals surface area contributed by atoms with Crippen LogP contribution in [0.15, 0.2) is 47.1 Å². The van der Waals surface area contributed by atoms with E-state index in [1.54, 1.807) is 42.6 Å². The molecule has 2 nitrogen and oxygen atoms in total. The summed E-state index contributed by atoms with van der Waals surface area (Å²) in [5.41, 5.74) is 0.857. The number of pyridine rings is 1. The Labute approximate surface area is 106 Å². The van der Waals surface area contributed by atoms with Crippen LogP contribution in [0, 0.1) is 0 Å². The van der Waals surface area contributed by atoms with Gasteiger partial charge in [0.15, 0.2) is 0 Å². The van der Waals surface area contributed by atoms with E-state index in [0.29, 0.717) is 16.3 Å². The number of carbonyl (C=O) groups is 1. The van der Waals surface area contributed by atoms with Crippen molar-refractivity contribution in [2.24, 2.45) is 0 Å². The van der Waals surface area contributed by atoms with Crippen LogP contribution < -0.4 is 0 Å². The van der Waals surface area contributed by atoms with Crippen molar-refractivity contribution in [2.75, 3.05) is 0 Å². The number of halogens is 2. The lowest BCUT2D eigenvalue weighted by atomic mass is 10.1. The number of benzene rings is 1. The Hall–Kier alpha value is -1.19. The smallest absolute Gasteiger partial charge is 0.212 e. The van der Waals surface area contributed by atoms with Crippen molar-refractivity contribution >= 4 is 33.3 Å². The summed E-state index contributed by atoms with van der Waals surface area (Å²) in [4.78, 5) is 16.1. The summed E-state index contributed by atoms with van der Waals surface area (Å²) in [6.45, 7) is 0. The standard InChI is InChI=1S/C12H7BrClNO/c13-8-5-6-11(15-7-8)12(16)9-3-1-2-4-10(9)14/h1-7H. The number of hydrogen-bond acceptors (Lipinski definition) is 2. The van der Waals surface area contributed by atoms with Crippen molar-refractivity contribution in [1.29, 1.82) is 0 Å². The van der Waals surface area contributed by atoms with E-state index in [-0.39, 0.29) is 5.78 Å². The van der Waals surface area contributed by atoms with Crippen LogP contribution in [0.2, 0.25) is 5.02 Å². The first kappa shape index (κ1) is 11.3. The molecule has 0 saturated carbocycles. The molecule has 0 fully saturated rings. The predicted octanol–water partition coefficient (Wildman–Crippen LogP) is 3.73. The van der Waals surface area contributed by atoms with E-state index in [0.717, 1.165) is 4.47 Å². The lowest BCUT2D eigenvalue weighted by Gasteiger charge is -2.02. The number of rotatable bonds is 2. The number of carbonyl (C=O) groups excluding carboxylic acids is 1. The third-order valence-corrected chi connectivity index (χ3v) is 2.88. The number of ketones is 1. The van der Waals surface area contributed by atoms with E-state index in [1.807, 2.05) is 0 Å². The van der Waals surface area contributed by atoms with E-state index in [2.05, 4.69) is 20.9 Å². The van der Waals surface area contributed by atoms with Gasteiger partial charge in [-0.15, -0.1) is 0 Å². The van der Waals surface area contributed by atoms with Crippen LogP contribution >= 0.6 is 27.5 Å². The molecule has 0 saturated heterocycles. The minimum absolute atomic E-state index is 0.168. The van der Waals surface area contributed by atoms with Gasteiger partial charge in [-0.1, -0.05) is 23.7 Å². The average molecular weight is 297 g/mol. The number of hydrogen-bond donors (Lipinski definition) is 0. The van der Waals surface area contributed by atoms with Crippen LogP contribution in [0.3, 0.4) is 0 Å². The fraction of sp³-hybridized carbons (Fsp3) is 0. The van der Waals surface area contributed by atoms with Crippen LogP contribution in [0.1, 0.15) is 16.1 Å². The lowest BCUT2D eigenvalue weighted by Crippen LogP contribution is -2.04. The van der Waals surface area contributed by atoms with E-state index in [1.165, 1.54) is 0 Å². The summed E-state index contributed by atoms with van der Waals surface area (Å²) in [5.74, 6) is -0.168. The second-order valence-electron chi connectivity index (χ2n) is 3.17. The van der Waals surface area contributed by atoms with Crippen LogP contribution in [0.4, 0.5) is 0 Å². The summed E-state index contributed by atoms with van der Waals surface area (Å²) >= 11 is 9.21. The first-order valence-electron chi connectivity index (χ1n) is 4.59. The van der Waals surface area contributed by atoms with Crippen LogP contribution in [0.5, 0.6) is 0 Å². The molecular formula is C12H7BrClNO. The van der Waals surface area contributed by atoms with Gasteiger partial charge < -0.3 is 0 Å². The zero-order valence-corrected chi connectivity index (χ0v) is 10.5. The largest absolute Gasteiger partial charge is 0.287 e. The minimum atomic E-state index is -0.168. The molecule has 2 aromatic rings. The average Bonchev–Trinajstić information content (AvgIpc) is 2.30. The molecule has 0 aliphatic heterocycles. The Morgan fingerprint density at radius 2 is 1.94 bits per heavy atom. The van der Waals surface area contributed by atoms with Gasteiger partial charge in [0.05, 0.1) is 5.02 Å². The highest BCUT2D eigenvalue weighted by Crippen LogP contribution is 2.18. The van der Waals surface area contributed by atoms with Crippen molar-refractivity contribution < 1.29 is 4.79 Å². The molecule has 0 aliphatic carbocycles. The first-order chi connectivity index (χ1) is 7.68. The molecule has 0 bridgehead atoms. The quantitative estimate of drug-likeness (QED) is 0.790. The zero-order chi connectivity index (χ0) is 11.5. The highest BCUT2D eigenvalue weighted by molar-refractivity contribution is 9.10. The topological polar surface area (TPSA) is 30.0 Å². The summed E-state index contributed by atoms with van der Waals surface area (Å²) in [6, 6.07) is 10.4. The molecule has 0 aliphatic rings. The molecule has 1 aromatic carbocycles. The van der Waals surface area contributed by atoms with Gasteiger partial charge in [-0.2, -0.15) is 0 Å². The fourth-order valence-electron chi connectivity index (χ4n) is 1.29. The third kappa shape index (κ3) is 2.31. The second kappa shape index (κ2) is 4.76. The Morgan fingerprint density at radius 1 is 1.19 bits per heavy atom. The highest BCUT2D eigenvalue weighted by atomic mass is 79.9. The molecule has 1 aromatic heterocycles. The molecule has 2 rings (SSSR count). The molecule has 80 valence electrons. The molecule has 0 amide bonds. The molecule has 1 heterocycles. The van der Waals surface area contributed by atoms with Crippen molar-refractivity contribution in [3.8, 4) is 0 Å².